The van der Waals surface area contributed by atoms with Crippen LogP contribution >= 0.6 is 0 Å². The monoisotopic (exact) mass is 311 g/mol. The first-order valence-corrected chi connectivity index (χ1v) is 7.22. The van der Waals surface area contributed by atoms with Crippen molar-refractivity contribution < 1.29 is 9.53 Å². The first-order chi connectivity index (χ1) is 11.1. The second kappa shape index (κ2) is 6.04. The quantitative estimate of drug-likeness (QED) is 0.796. The second-order valence-corrected chi connectivity index (χ2v) is 5.17. The fraction of sp³-hybridized carbons (Fsp3) is 0.250. The molecule has 7 heteroatoms. The molecule has 23 heavy (non-hydrogen) atoms. The van der Waals surface area contributed by atoms with Gasteiger partial charge in [0.1, 0.15) is 5.75 Å². The highest BCUT2D eigenvalue weighted by atomic mass is 16.5. The molecule has 0 saturated carbocycles. The third-order valence-electron chi connectivity index (χ3n) is 3.59. The number of carbonyl (C=O) groups is 1. The molecule has 0 saturated heterocycles. The van der Waals surface area contributed by atoms with Crippen molar-refractivity contribution in [2.45, 2.75) is 19.9 Å². The van der Waals surface area contributed by atoms with Gasteiger partial charge in [-0.05, 0) is 26.0 Å². The van der Waals surface area contributed by atoms with Crippen LogP contribution in [0.5, 0.6) is 5.75 Å². The number of aryl methyl sites for hydroxylation is 1. The highest BCUT2D eigenvalue weighted by Gasteiger charge is 2.18. The summed E-state index contributed by atoms with van der Waals surface area (Å²) in [5, 5.41) is 7.08. The summed E-state index contributed by atoms with van der Waals surface area (Å²) in [6.45, 7) is 3.76. The van der Waals surface area contributed by atoms with Crippen molar-refractivity contribution in [2.75, 3.05) is 7.11 Å². The standard InChI is InChI=1S/C16H17N5O2/c1-10-8-9-17-16-19-14(20-21(10)16)15(22)18-11(2)12-6-4-5-7-13(12)23-3/h4-9,11H,1-3H3,(H,18,22). The van der Waals surface area contributed by atoms with Crippen LogP contribution in [-0.2, 0) is 0 Å². The van der Waals surface area contributed by atoms with Gasteiger partial charge in [0.25, 0.3) is 11.7 Å². The lowest BCUT2D eigenvalue weighted by molar-refractivity contribution is 0.0929. The molecular weight excluding hydrogens is 294 g/mol. The van der Waals surface area contributed by atoms with E-state index in [1.807, 2.05) is 38.1 Å². The summed E-state index contributed by atoms with van der Waals surface area (Å²) in [5.74, 6) is 0.864. The van der Waals surface area contributed by atoms with Gasteiger partial charge in [-0.1, -0.05) is 18.2 Å². The van der Waals surface area contributed by atoms with Crippen LogP contribution in [-0.4, -0.2) is 32.6 Å². The molecule has 2 aromatic heterocycles. The van der Waals surface area contributed by atoms with Crippen LogP contribution in [0.15, 0.2) is 36.5 Å². The number of hydrogen-bond donors (Lipinski definition) is 1. The van der Waals surface area contributed by atoms with E-state index >= 15 is 0 Å². The molecule has 3 rings (SSSR count). The van der Waals surface area contributed by atoms with Gasteiger partial charge in [0, 0.05) is 17.5 Å². The second-order valence-electron chi connectivity index (χ2n) is 5.17. The summed E-state index contributed by atoms with van der Waals surface area (Å²) >= 11 is 0. The van der Waals surface area contributed by atoms with Crippen molar-refractivity contribution in [3.05, 3.63) is 53.6 Å². The van der Waals surface area contributed by atoms with Crippen molar-refractivity contribution in [1.29, 1.82) is 0 Å². The number of carbonyl (C=O) groups excluding carboxylic acids is 1. The Hall–Kier alpha value is -2.96. The normalized spacial score (nSPS) is 12.1. The van der Waals surface area contributed by atoms with E-state index in [2.05, 4.69) is 20.4 Å². The molecule has 1 N–H and O–H groups in total. The molecule has 1 unspecified atom stereocenters. The molecule has 0 aliphatic rings. The molecule has 0 fully saturated rings. The summed E-state index contributed by atoms with van der Waals surface area (Å²) in [6, 6.07) is 9.12. The predicted octanol–water partition coefficient (Wildman–Crippen LogP) is 1.93. The van der Waals surface area contributed by atoms with Gasteiger partial charge < -0.3 is 10.1 Å². The highest BCUT2D eigenvalue weighted by molar-refractivity contribution is 5.91. The maximum Gasteiger partial charge on any atom is 0.291 e. The number of hydrogen-bond acceptors (Lipinski definition) is 5. The average Bonchev–Trinajstić information content (AvgIpc) is 3.00. The number of amides is 1. The van der Waals surface area contributed by atoms with E-state index in [9.17, 15) is 4.79 Å². The smallest absolute Gasteiger partial charge is 0.291 e. The van der Waals surface area contributed by atoms with Gasteiger partial charge in [0.05, 0.1) is 13.2 Å². The summed E-state index contributed by atoms with van der Waals surface area (Å²) in [5.41, 5.74) is 1.75. The number of rotatable bonds is 4. The lowest BCUT2D eigenvalue weighted by Gasteiger charge is -2.16. The zero-order valence-corrected chi connectivity index (χ0v) is 13.1. The summed E-state index contributed by atoms with van der Waals surface area (Å²) in [4.78, 5) is 20.7. The Labute approximate surface area is 133 Å². The number of aromatic nitrogens is 4. The van der Waals surface area contributed by atoms with E-state index in [1.54, 1.807) is 23.9 Å². The van der Waals surface area contributed by atoms with Gasteiger partial charge in [0.2, 0.25) is 5.82 Å². The van der Waals surface area contributed by atoms with E-state index in [0.717, 1.165) is 17.0 Å². The molecule has 0 spiro atoms. The molecule has 1 aromatic carbocycles. The van der Waals surface area contributed by atoms with Crippen molar-refractivity contribution in [1.82, 2.24) is 24.9 Å². The van der Waals surface area contributed by atoms with Crippen LogP contribution in [0.3, 0.4) is 0 Å². The van der Waals surface area contributed by atoms with Crippen molar-refractivity contribution in [2.24, 2.45) is 0 Å². The highest BCUT2D eigenvalue weighted by Crippen LogP contribution is 2.24. The van der Waals surface area contributed by atoms with Gasteiger partial charge in [0.15, 0.2) is 0 Å². The van der Waals surface area contributed by atoms with E-state index in [0.29, 0.717) is 5.78 Å². The Morgan fingerprint density at radius 2 is 2.09 bits per heavy atom. The number of nitrogens with zero attached hydrogens (tertiary/aromatic N) is 4. The molecule has 0 aliphatic heterocycles. The average molecular weight is 311 g/mol. The maximum absolute atomic E-state index is 12.4. The van der Waals surface area contributed by atoms with E-state index in [-0.39, 0.29) is 17.8 Å². The largest absolute Gasteiger partial charge is 0.496 e. The minimum absolute atomic E-state index is 0.0912. The number of ether oxygens (including phenoxy) is 1. The molecule has 7 nitrogen and oxygen atoms in total. The summed E-state index contributed by atoms with van der Waals surface area (Å²) in [6.07, 6.45) is 1.64. The molecule has 1 atom stereocenters. The zero-order chi connectivity index (χ0) is 16.4. The van der Waals surface area contributed by atoms with Gasteiger partial charge in [-0.25, -0.2) is 9.50 Å². The number of fused-ring (bicyclic) bond motifs is 1. The Balaban J connectivity index is 1.84. The fourth-order valence-corrected chi connectivity index (χ4v) is 2.37. The minimum Gasteiger partial charge on any atom is -0.496 e. The summed E-state index contributed by atoms with van der Waals surface area (Å²) < 4.78 is 6.87. The van der Waals surface area contributed by atoms with Crippen LogP contribution in [0.2, 0.25) is 0 Å². The van der Waals surface area contributed by atoms with Crippen molar-refractivity contribution >= 4 is 11.7 Å². The lowest BCUT2D eigenvalue weighted by atomic mass is 10.1. The van der Waals surface area contributed by atoms with Gasteiger partial charge in [-0.2, -0.15) is 4.98 Å². The zero-order valence-electron chi connectivity index (χ0n) is 13.1. The number of nitrogens with one attached hydrogen (secondary N) is 1. The Morgan fingerprint density at radius 3 is 2.83 bits per heavy atom. The predicted molar refractivity (Wildman–Crippen MR) is 84.4 cm³/mol. The molecule has 0 bridgehead atoms. The van der Waals surface area contributed by atoms with Crippen LogP contribution in [0, 0.1) is 6.92 Å². The molecule has 3 aromatic rings. The van der Waals surface area contributed by atoms with Crippen molar-refractivity contribution in [3.8, 4) is 5.75 Å². The third kappa shape index (κ3) is 2.85. The Kier molecular flexibility index (Phi) is 3.92. The molecule has 0 aliphatic carbocycles. The molecule has 2 heterocycles. The SMILES string of the molecule is COc1ccccc1C(C)NC(=O)c1nc2nccc(C)n2n1. The van der Waals surface area contributed by atoms with Gasteiger partial charge in [-0.3, -0.25) is 4.79 Å². The van der Waals surface area contributed by atoms with Crippen LogP contribution in [0.4, 0.5) is 0 Å². The Bertz CT molecular complexity index is 859. The van der Waals surface area contributed by atoms with Crippen molar-refractivity contribution in [3.63, 3.8) is 0 Å². The lowest BCUT2D eigenvalue weighted by Crippen LogP contribution is -2.28. The van der Waals surface area contributed by atoms with E-state index in [1.165, 1.54) is 0 Å². The first kappa shape index (κ1) is 15.0. The molecule has 0 radical (unpaired) electrons. The van der Waals surface area contributed by atoms with Gasteiger partial charge >= 0.3 is 0 Å². The molecular formula is C16H17N5O2. The number of methoxy groups -OCH3 is 1. The van der Waals surface area contributed by atoms with Crippen LogP contribution in [0.1, 0.15) is 34.8 Å². The van der Waals surface area contributed by atoms with E-state index < -0.39 is 0 Å². The van der Waals surface area contributed by atoms with Crippen LogP contribution in [0.25, 0.3) is 5.78 Å². The maximum atomic E-state index is 12.4. The summed E-state index contributed by atoms with van der Waals surface area (Å²) in [7, 11) is 1.60. The minimum atomic E-state index is -0.353. The first-order valence-electron chi connectivity index (χ1n) is 7.22. The number of para-hydroxylation sites is 1. The number of benzene rings is 1. The Morgan fingerprint density at radius 1 is 1.30 bits per heavy atom. The van der Waals surface area contributed by atoms with Crippen LogP contribution < -0.4 is 10.1 Å². The molecule has 1 amide bonds. The molecule has 118 valence electrons. The van der Waals surface area contributed by atoms with E-state index in [4.69, 9.17) is 4.74 Å². The topological polar surface area (TPSA) is 81.4 Å². The fourth-order valence-electron chi connectivity index (χ4n) is 2.37. The third-order valence-corrected chi connectivity index (χ3v) is 3.59. The van der Waals surface area contributed by atoms with Gasteiger partial charge in [-0.15, -0.1) is 5.10 Å².